The van der Waals surface area contributed by atoms with Gasteiger partial charge in [0.25, 0.3) is 0 Å². The van der Waals surface area contributed by atoms with Gasteiger partial charge in [-0.2, -0.15) is 0 Å². The first-order valence-corrected chi connectivity index (χ1v) is 6.08. The minimum Gasteiger partial charge on any atom is -0.481 e. The first kappa shape index (κ1) is 11.9. The van der Waals surface area contributed by atoms with Crippen molar-refractivity contribution in [2.45, 2.75) is 32.6 Å². The molecule has 1 aromatic carbocycles. The lowest BCUT2D eigenvalue weighted by Crippen LogP contribution is -2.30. The second-order valence-corrected chi connectivity index (χ2v) is 5.11. The summed E-state index contributed by atoms with van der Waals surface area (Å²) in [5.41, 5.74) is 1.85. The van der Waals surface area contributed by atoms with E-state index in [0.29, 0.717) is 6.42 Å². The Morgan fingerprint density at radius 2 is 2.06 bits per heavy atom. The van der Waals surface area contributed by atoms with Gasteiger partial charge >= 0.3 is 5.97 Å². The number of carboxylic acids is 1. The molecule has 1 unspecified atom stereocenters. The van der Waals surface area contributed by atoms with Gasteiger partial charge < -0.3 is 5.11 Å². The molecular weight excluding hydrogens is 212 g/mol. The highest BCUT2D eigenvalue weighted by atomic mass is 16.4. The zero-order valence-electron chi connectivity index (χ0n) is 10.1. The first-order valence-electron chi connectivity index (χ1n) is 6.08. The number of carbonyl (C=O) groups is 1. The van der Waals surface area contributed by atoms with Gasteiger partial charge in [-0.3, -0.25) is 4.79 Å². The average Bonchev–Trinajstić information content (AvgIpc) is 2.30. The van der Waals surface area contributed by atoms with Gasteiger partial charge in [-0.1, -0.05) is 42.0 Å². The summed E-state index contributed by atoms with van der Waals surface area (Å²) in [6.07, 6.45) is 5.60. The molecule has 1 atom stereocenters. The van der Waals surface area contributed by atoms with Crippen molar-refractivity contribution in [3.63, 3.8) is 0 Å². The van der Waals surface area contributed by atoms with E-state index in [1.807, 2.05) is 25.1 Å². The number of carboxylic acid groups (broad SMARTS) is 1. The molecule has 2 heteroatoms. The predicted molar refractivity (Wildman–Crippen MR) is 68.6 cm³/mol. The van der Waals surface area contributed by atoms with Crippen LogP contribution in [-0.4, -0.2) is 11.1 Å². The van der Waals surface area contributed by atoms with Crippen molar-refractivity contribution in [3.8, 4) is 0 Å². The summed E-state index contributed by atoms with van der Waals surface area (Å²) in [5.74, 6) is -0.670. The maximum Gasteiger partial charge on any atom is 0.309 e. The highest BCUT2D eigenvalue weighted by molar-refractivity contribution is 5.75. The monoisotopic (exact) mass is 230 g/mol. The SMILES string of the molecule is CC1(C(=O)O)CCC/C(=C/c2ccccc2)C1. The molecule has 0 heterocycles. The van der Waals surface area contributed by atoms with E-state index < -0.39 is 11.4 Å². The molecule has 0 saturated heterocycles. The van der Waals surface area contributed by atoms with Gasteiger partial charge in [0.2, 0.25) is 0 Å². The second-order valence-electron chi connectivity index (χ2n) is 5.11. The number of aliphatic carboxylic acids is 1. The Hall–Kier alpha value is -1.57. The second kappa shape index (κ2) is 4.74. The molecule has 0 aliphatic heterocycles. The largest absolute Gasteiger partial charge is 0.481 e. The topological polar surface area (TPSA) is 37.3 Å². The third-order valence-corrected chi connectivity index (χ3v) is 3.53. The van der Waals surface area contributed by atoms with E-state index in [0.717, 1.165) is 24.8 Å². The number of rotatable bonds is 2. The molecule has 0 aromatic heterocycles. The van der Waals surface area contributed by atoms with Crippen LogP contribution in [0.15, 0.2) is 35.9 Å². The molecule has 0 amide bonds. The summed E-state index contributed by atoms with van der Waals surface area (Å²) in [6, 6.07) is 10.1. The average molecular weight is 230 g/mol. The molecule has 1 aliphatic rings. The summed E-state index contributed by atoms with van der Waals surface area (Å²) in [6.45, 7) is 1.85. The van der Waals surface area contributed by atoms with Crippen molar-refractivity contribution in [1.29, 1.82) is 0 Å². The van der Waals surface area contributed by atoms with E-state index in [1.54, 1.807) is 0 Å². The van der Waals surface area contributed by atoms with Crippen molar-refractivity contribution in [2.24, 2.45) is 5.41 Å². The normalized spacial score (nSPS) is 27.0. The van der Waals surface area contributed by atoms with Gasteiger partial charge in [0.1, 0.15) is 0 Å². The summed E-state index contributed by atoms with van der Waals surface area (Å²) in [7, 11) is 0. The summed E-state index contributed by atoms with van der Waals surface area (Å²) in [5, 5.41) is 9.25. The van der Waals surface area contributed by atoms with E-state index in [9.17, 15) is 9.90 Å². The maximum atomic E-state index is 11.2. The number of allylic oxidation sites excluding steroid dienone is 1. The van der Waals surface area contributed by atoms with Gasteiger partial charge in [-0.25, -0.2) is 0 Å². The molecule has 1 saturated carbocycles. The molecule has 0 bridgehead atoms. The molecular formula is C15H18O2. The first-order chi connectivity index (χ1) is 8.10. The molecule has 1 fully saturated rings. The van der Waals surface area contributed by atoms with Gasteiger partial charge in [0.05, 0.1) is 5.41 Å². The zero-order chi connectivity index (χ0) is 12.3. The van der Waals surface area contributed by atoms with Crippen LogP contribution in [0.25, 0.3) is 6.08 Å². The molecule has 1 aromatic rings. The molecule has 1 N–H and O–H groups in total. The van der Waals surface area contributed by atoms with Crippen LogP contribution in [0.3, 0.4) is 0 Å². The van der Waals surface area contributed by atoms with Crippen molar-refractivity contribution in [1.82, 2.24) is 0 Å². The number of hydrogen-bond acceptors (Lipinski definition) is 1. The minimum absolute atomic E-state index is 0.571. The lowest BCUT2D eigenvalue weighted by molar-refractivity contribution is -0.148. The van der Waals surface area contributed by atoms with Crippen LogP contribution >= 0.6 is 0 Å². The summed E-state index contributed by atoms with van der Waals surface area (Å²) < 4.78 is 0. The molecule has 0 radical (unpaired) electrons. The van der Waals surface area contributed by atoms with Crippen LogP contribution in [-0.2, 0) is 4.79 Å². The summed E-state index contributed by atoms with van der Waals surface area (Å²) >= 11 is 0. The van der Waals surface area contributed by atoms with Gasteiger partial charge in [-0.15, -0.1) is 0 Å². The Labute approximate surface area is 102 Å². The van der Waals surface area contributed by atoms with Gasteiger partial charge in [-0.05, 0) is 38.2 Å². The van der Waals surface area contributed by atoms with Crippen molar-refractivity contribution >= 4 is 12.0 Å². The summed E-state index contributed by atoms with van der Waals surface area (Å²) in [4.78, 5) is 11.2. The molecule has 2 nitrogen and oxygen atoms in total. The van der Waals surface area contributed by atoms with Crippen LogP contribution in [0.1, 0.15) is 38.2 Å². The predicted octanol–water partition coefficient (Wildman–Crippen LogP) is 3.73. The van der Waals surface area contributed by atoms with Crippen LogP contribution in [0, 0.1) is 5.41 Å². The van der Waals surface area contributed by atoms with Crippen molar-refractivity contribution in [2.75, 3.05) is 0 Å². The molecule has 1 aliphatic carbocycles. The van der Waals surface area contributed by atoms with E-state index in [4.69, 9.17) is 0 Å². The smallest absolute Gasteiger partial charge is 0.309 e. The molecule has 2 rings (SSSR count). The van der Waals surface area contributed by atoms with Gasteiger partial charge in [0, 0.05) is 0 Å². The standard InChI is InChI=1S/C15H18O2/c1-15(14(16)17)9-5-8-13(11-15)10-12-6-3-2-4-7-12/h2-4,6-7,10H,5,8-9,11H2,1H3,(H,16,17)/b13-10-. The zero-order valence-corrected chi connectivity index (χ0v) is 10.1. The Morgan fingerprint density at radius 1 is 1.35 bits per heavy atom. The molecule has 0 spiro atoms. The minimum atomic E-state index is -0.670. The third-order valence-electron chi connectivity index (χ3n) is 3.53. The Bertz CT molecular complexity index is 433. The van der Waals surface area contributed by atoms with Crippen LogP contribution in [0.2, 0.25) is 0 Å². The Morgan fingerprint density at radius 3 is 2.71 bits per heavy atom. The third kappa shape index (κ3) is 2.76. The van der Waals surface area contributed by atoms with E-state index in [1.165, 1.54) is 5.57 Å². The fourth-order valence-electron chi connectivity index (χ4n) is 2.47. The Balaban J connectivity index is 2.18. The van der Waals surface area contributed by atoms with Crippen molar-refractivity contribution < 1.29 is 9.90 Å². The Kier molecular flexibility index (Phi) is 3.32. The van der Waals surface area contributed by atoms with E-state index in [-0.39, 0.29) is 0 Å². The lowest BCUT2D eigenvalue weighted by atomic mass is 9.73. The fraction of sp³-hybridized carbons (Fsp3) is 0.400. The van der Waals surface area contributed by atoms with Gasteiger partial charge in [0.15, 0.2) is 0 Å². The van der Waals surface area contributed by atoms with E-state index >= 15 is 0 Å². The highest BCUT2D eigenvalue weighted by Gasteiger charge is 2.36. The maximum absolute atomic E-state index is 11.2. The number of benzene rings is 1. The quantitative estimate of drug-likeness (QED) is 0.840. The fourth-order valence-corrected chi connectivity index (χ4v) is 2.47. The van der Waals surface area contributed by atoms with Crippen LogP contribution in [0.5, 0.6) is 0 Å². The van der Waals surface area contributed by atoms with E-state index in [2.05, 4.69) is 18.2 Å². The molecule has 17 heavy (non-hydrogen) atoms. The van der Waals surface area contributed by atoms with Crippen LogP contribution < -0.4 is 0 Å². The highest BCUT2D eigenvalue weighted by Crippen LogP contribution is 2.39. The number of hydrogen-bond donors (Lipinski definition) is 1. The van der Waals surface area contributed by atoms with Crippen LogP contribution in [0.4, 0.5) is 0 Å². The van der Waals surface area contributed by atoms with Crippen molar-refractivity contribution in [3.05, 3.63) is 41.5 Å². The molecule has 90 valence electrons. The lowest BCUT2D eigenvalue weighted by Gasteiger charge is -2.30.